The summed E-state index contributed by atoms with van der Waals surface area (Å²) < 4.78 is 0. The number of carbonyl (C=O) groups excluding carboxylic acids is 2. The van der Waals surface area contributed by atoms with Gasteiger partial charge in [-0.25, -0.2) is 0 Å². The molecule has 136 valence electrons. The van der Waals surface area contributed by atoms with E-state index in [4.69, 9.17) is 0 Å². The van der Waals surface area contributed by atoms with Gasteiger partial charge in [-0.05, 0) is 37.6 Å². The number of fused-ring (bicyclic) bond motifs is 1. The highest BCUT2D eigenvalue weighted by Crippen LogP contribution is 2.32. The molecule has 2 heterocycles. The quantitative estimate of drug-likeness (QED) is 0.893. The number of rotatable bonds is 5. The fourth-order valence-corrected chi connectivity index (χ4v) is 3.89. The molecule has 5 nitrogen and oxygen atoms in total. The molecule has 0 radical (unpaired) electrons. The third kappa shape index (κ3) is 4.21. The number of anilines is 1. The Labute approximate surface area is 150 Å². The molecule has 0 spiro atoms. The third-order valence-electron chi connectivity index (χ3n) is 5.28. The first-order chi connectivity index (χ1) is 12.2. The summed E-state index contributed by atoms with van der Waals surface area (Å²) in [5.74, 6) is -0.0227. The van der Waals surface area contributed by atoms with Crippen molar-refractivity contribution in [1.82, 2.24) is 10.2 Å². The van der Waals surface area contributed by atoms with Gasteiger partial charge in [0, 0.05) is 31.6 Å². The molecule has 1 aromatic rings. The second-order valence-corrected chi connectivity index (χ2v) is 7.01. The van der Waals surface area contributed by atoms with Crippen molar-refractivity contribution in [2.24, 2.45) is 0 Å². The first kappa shape index (κ1) is 17.9. The summed E-state index contributed by atoms with van der Waals surface area (Å²) in [5.41, 5.74) is 1.97. The van der Waals surface area contributed by atoms with Gasteiger partial charge in [0.05, 0.1) is 0 Å². The minimum absolute atomic E-state index is 0.0117. The van der Waals surface area contributed by atoms with E-state index in [1.807, 2.05) is 31.2 Å². The highest BCUT2D eigenvalue weighted by molar-refractivity contribution is 6.03. The predicted molar refractivity (Wildman–Crippen MR) is 99.6 cm³/mol. The molecule has 0 aromatic heterocycles. The number of hydrogen-bond acceptors (Lipinski definition) is 3. The van der Waals surface area contributed by atoms with Crippen LogP contribution in [0.1, 0.15) is 44.6 Å². The fourth-order valence-electron chi connectivity index (χ4n) is 3.89. The highest BCUT2D eigenvalue weighted by Gasteiger charge is 2.37. The van der Waals surface area contributed by atoms with Crippen LogP contribution in [0.25, 0.3) is 0 Å². The van der Waals surface area contributed by atoms with E-state index in [9.17, 15) is 9.59 Å². The van der Waals surface area contributed by atoms with Gasteiger partial charge in [-0.2, -0.15) is 0 Å². The summed E-state index contributed by atoms with van der Waals surface area (Å²) in [6.45, 7) is 5.65. The Morgan fingerprint density at radius 1 is 1.12 bits per heavy atom. The van der Waals surface area contributed by atoms with E-state index in [2.05, 4.69) is 10.2 Å². The lowest BCUT2D eigenvalue weighted by atomic mass is 10.1. The molecule has 1 N–H and O–H groups in total. The van der Waals surface area contributed by atoms with Crippen LogP contribution in [0.3, 0.4) is 0 Å². The summed E-state index contributed by atoms with van der Waals surface area (Å²) in [7, 11) is 0. The second-order valence-electron chi connectivity index (χ2n) is 7.01. The van der Waals surface area contributed by atoms with E-state index in [0.717, 1.165) is 30.9 Å². The molecular formula is C20H29N3O2. The van der Waals surface area contributed by atoms with Crippen LogP contribution in [-0.4, -0.2) is 48.9 Å². The predicted octanol–water partition coefficient (Wildman–Crippen LogP) is 2.35. The third-order valence-corrected chi connectivity index (χ3v) is 5.28. The molecule has 1 aromatic carbocycles. The van der Waals surface area contributed by atoms with Crippen LogP contribution in [0.2, 0.25) is 0 Å². The normalized spacial score (nSPS) is 20.8. The van der Waals surface area contributed by atoms with Crippen molar-refractivity contribution in [3.8, 4) is 0 Å². The van der Waals surface area contributed by atoms with Crippen LogP contribution in [-0.2, 0) is 16.0 Å². The Morgan fingerprint density at radius 2 is 1.84 bits per heavy atom. The molecule has 2 amide bonds. The van der Waals surface area contributed by atoms with Crippen LogP contribution in [0.15, 0.2) is 24.3 Å². The number of para-hydroxylation sites is 1. The topological polar surface area (TPSA) is 52.7 Å². The lowest BCUT2D eigenvalue weighted by molar-refractivity contribution is -0.126. The zero-order valence-corrected chi connectivity index (χ0v) is 15.2. The average Bonchev–Trinajstić information content (AvgIpc) is 2.83. The Bertz CT molecular complexity index is 609. The van der Waals surface area contributed by atoms with E-state index >= 15 is 0 Å². The fraction of sp³-hybridized carbons (Fsp3) is 0.600. The monoisotopic (exact) mass is 343 g/mol. The van der Waals surface area contributed by atoms with Crippen molar-refractivity contribution in [2.75, 3.05) is 31.1 Å². The van der Waals surface area contributed by atoms with Gasteiger partial charge in [-0.15, -0.1) is 0 Å². The molecule has 2 aliphatic heterocycles. The number of nitrogens with zero attached hydrogens (tertiary/aromatic N) is 2. The molecule has 3 rings (SSSR count). The average molecular weight is 343 g/mol. The first-order valence-electron chi connectivity index (χ1n) is 9.60. The van der Waals surface area contributed by atoms with Gasteiger partial charge in [-0.1, -0.05) is 38.0 Å². The van der Waals surface area contributed by atoms with Gasteiger partial charge < -0.3 is 10.2 Å². The molecule has 0 aliphatic carbocycles. The summed E-state index contributed by atoms with van der Waals surface area (Å²) in [5, 5.41) is 3.06. The molecular weight excluding hydrogens is 314 g/mol. The summed E-state index contributed by atoms with van der Waals surface area (Å²) in [6.07, 6.45) is 6.16. The molecule has 1 fully saturated rings. The van der Waals surface area contributed by atoms with Crippen molar-refractivity contribution >= 4 is 17.5 Å². The Kier molecular flexibility index (Phi) is 6.08. The maximum atomic E-state index is 12.7. The van der Waals surface area contributed by atoms with Crippen LogP contribution in [0.4, 0.5) is 5.69 Å². The maximum absolute atomic E-state index is 12.7. The van der Waals surface area contributed by atoms with Crippen molar-refractivity contribution in [2.45, 2.75) is 51.5 Å². The standard InChI is InChI=1S/C20H29N3O2/c1-2-19(24)23-17-10-6-5-9-16(17)15-18(23)20(25)21-11-14-22-12-7-3-4-8-13-22/h5-6,9-10,18H,2-4,7-8,11-15H2,1H3,(H,21,25)/t18-/m1/s1. The van der Waals surface area contributed by atoms with Crippen molar-refractivity contribution in [1.29, 1.82) is 0 Å². The Hall–Kier alpha value is -1.88. The number of benzene rings is 1. The van der Waals surface area contributed by atoms with E-state index in [1.54, 1.807) is 4.90 Å². The molecule has 5 heteroatoms. The maximum Gasteiger partial charge on any atom is 0.243 e. The van der Waals surface area contributed by atoms with E-state index < -0.39 is 6.04 Å². The first-order valence-corrected chi connectivity index (χ1v) is 9.60. The lowest BCUT2D eigenvalue weighted by Gasteiger charge is -2.25. The van der Waals surface area contributed by atoms with Gasteiger partial charge >= 0.3 is 0 Å². The lowest BCUT2D eigenvalue weighted by Crippen LogP contribution is -2.49. The van der Waals surface area contributed by atoms with E-state index in [-0.39, 0.29) is 11.8 Å². The molecule has 1 atom stereocenters. The number of amides is 2. The minimum Gasteiger partial charge on any atom is -0.353 e. The highest BCUT2D eigenvalue weighted by atomic mass is 16.2. The SMILES string of the molecule is CCC(=O)N1c2ccccc2C[C@@H]1C(=O)NCCN1CCCCCC1. The van der Waals surface area contributed by atoms with Crippen LogP contribution in [0, 0.1) is 0 Å². The van der Waals surface area contributed by atoms with Crippen LogP contribution in [0.5, 0.6) is 0 Å². The van der Waals surface area contributed by atoms with Crippen LogP contribution < -0.4 is 10.2 Å². The summed E-state index contributed by atoms with van der Waals surface area (Å²) >= 11 is 0. The molecule has 25 heavy (non-hydrogen) atoms. The Morgan fingerprint density at radius 3 is 2.56 bits per heavy atom. The smallest absolute Gasteiger partial charge is 0.243 e. The number of likely N-dealkylation sites (tertiary alicyclic amines) is 1. The summed E-state index contributed by atoms with van der Waals surface area (Å²) in [4.78, 5) is 29.2. The number of carbonyl (C=O) groups is 2. The molecule has 0 unspecified atom stereocenters. The largest absolute Gasteiger partial charge is 0.353 e. The molecule has 1 saturated heterocycles. The minimum atomic E-state index is -0.408. The van der Waals surface area contributed by atoms with Gasteiger partial charge in [-0.3, -0.25) is 14.5 Å². The second kappa shape index (κ2) is 8.48. The number of hydrogen-bond donors (Lipinski definition) is 1. The van der Waals surface area contributed by atoms with Gasteiger partial charge in [0.2, 0.25) is 11.8 Å². The van der Waals surface area contributed by atoms with Gasteiger partial charge in [0.15, 0.2) is 0 Å². The summed E-state index contributed by atoms with van der Waals surface area (Å²) in [6, 6.07) is 7.43. The van der Waals surface area contributed by atoms with Crippen molar-refractivity contribution in [3.05, 3.63) is 29.8 Å². The van der Waals surface area contributed by atoms with Crippen molar-refractivity contribution < 1.29 is 9.59 Å². The van der Waals surface area contributed by atoms with Gasteiger partial charge in [0.25, 0.3) is 0 Å². The number of nitrogens with one attached hydrogen (secondary N) is 1. The van der Waals surface area contributed by atoms with Crippen molar-refractivity contribution in [3.63, 3.8) is 0 Å². The van der Waals surface area contributed by atoms with E-state index in [1.165, 1.54) is 25.7 Å². The Balaban J connectivity index is 1.58. The molecule has 0 saturated carbocycles. The zero-order valence-electron chi connectivity index (χ0n) is 15.2. The van der Waals surface area contributed by atoms with Crippen LogP contribution >= 0.6 is 0 Å². The molecule has 0 bridgehead atoms. The zero-order chi connectivity index (χ0) is 17.6. The van der Waals surface area contributed by atoms with Gasteiger partial charge in [0.1, 0.15) is 6.04 Å². The molecule has 2 aliphatic rings. The van der Waals surface area contributed by atoms with E-state index in [0.29, 0.717) is 19.4 Å².